The van der Waals surface area contributed by atoms with E-state index < -0.39 is 10.2 Å². The van der Waals surface area contributed by atoms with Gasteiger partial charge in [-0.05, 0) is 31.7 Å². The molecule has 0 atom stereocenters. The van der Waals surface area contributed by atoms with Crippen LogP contribution in [0.3, 0.4) is 0 Å². The summed E-state index contributed by atoms with van der Waals surface area (Å²) in [6.45, 7) is 0. The molecule has 0 aromatic carbocycles. The fourth-order valence-electron chi connectivity index (χ4n) is 2.91. The van der Waals surface area contributed by atoms with Crippen LogP contribution in [-0.2, 0) is 10.2 Å². The molecule has 2 heterocycles. The van der Waals surface area contributed by atoms with E-state index in [4.69, 9.17) is 0 Å². The molecule has 0 radical (unpaired) electrons. The largest absolute Gasteiger partial charge is 0.279 e. The average molecular weight is 350 g/mol. The van der Waals surface area contributed by atoms with Gasteiger partial charge in [0.05, 0.1) is 17.9 Å². The highest BCUT2D eigenvalue weighted by molar-refractivity contribution is 7.87. The summed E-state index contributed by atoms with van der Waals surface area (Å²) in [5.41, 5.74) is 1.82. The maximum absolute atomic E-state index is 11.9. The average Bonchev–Trinajstić information content (AvgIpc) is 3.06. The van der Waals surface area contributed by atoms with Crippen molar-refractivity contribution < 1.29 is 8.42 Å². The first-order valence-corrected chi connectivity index (χ1v) is 9.40. The van der Waals surface area contributed by atoms with Gasteiger partial charge >= 0.3 is 0 Å². The van der Waals surface area contributed by atoms with Crippen LogP contribution >= 0.6 is 0 Å². The summed E-state index contributed by atoms with van der Waals surface area (Å²) in [4.78, 5) is 8.15. The van der Waals surface area contributed by atoms with E-state index in [1.807, 2.05) is 23.1 Å². The predicted molar refractivity (Wildman–Crippen MR) is 90.3 cm³/mol. The fraction of sp³-hybridized carbons (Fsp3) is 0.533. The molecule has 0 spiro atoms. The van der Waals surface area contributed by atoms with Crippen molar-refractivity contribution in [3.63, 3.8) is 0 Å². The summed E-state index contributed by atoms with van der Waals surface area (Å²) in [5, 5.41) is 4.45. The lowest BCUT2D eigenvalue weighted by molar-refractivity contribution is 0.291. The van der Waals surface area contributed by atoms with Crippen molar-refractivity contribution >= 4 is 10.2 Å². The van der Waals surface area contributed by atoms with Crippen LogP contribution < -0.4 is 4.72 Å². The van der Waals surface area contributed by atoms with Crippen molar-refractivity contribution in [2.24, 2.45) is 0 Å². The minimum absolute atomic E-state index is 0.00875. The molecule has 8 nitrogen and oxygen atoms in total. The lowest BCUT2D eigenvalue weighted by atomic mass is 9.92. The third kappa shape index (κ3) is 3.80. The van der Waals surface area contributed by atoms with Crippen LogP contribution in [0, 0.1) is 0 Å². The topological polar surface area (TPSA) is 93.0 Å². The van der Waals surface area contributed by atoms with Crippen LogP contribution in [0.4, 0.5) is 0 Å². The first kappa shape index (κ1) is 17.0. The Hall–Kier alpha value is -1.84. The normalized spacial score (nSPS) is 22.0. The van der Waals surface area contributed by atoms with Crippen LogP contribution in [0.15, 0.2) is 31.0 Å². The Morgan fingerprint density at radius 1 is 1.25 bits per heavy atom. The van der Waals surface area contributed by atoms with Crippen LogP contribution in [-0.4, -0.2) is 52.6 Å². The van der Waals surface area contributed by atoms with Gasteiger partial charge in [-0.3, -0.25) is 4.68 Å². The monoisotopic (exact) mass is 350 g/mol. The molecule has 130 valence electrons. The summed E-state index contributed by atoms with van der Waals surface area (Å²) in [7, 11) is -0.297. The molecule has 1 aliphatic rings. The van der Waals surface area contributed by atoms with E-state index >= 15 is 0 Å². The molecule has 1 aliphatic carbocycles. The molecule has 0 amide bonds. The first-order valence-electron chi connectivity index (χ1n) is 7.96. The second-order valence-corrected chi connectivity index (χ2v) is 8.13. The molecule has 0 saturated heterocycles. The van der Waals surface area contributed by atoms with Crippen LogP contribution in [0.5, 0.6) is 0 Å². The quantitative estimate of drug-likeness (QED) is 0.875. The molecular formula is C15H22N6O2S. The summed E-state index contributed by atoms with van der Waals surface area (Å²) in [6, 6.07) is 2.14. The number of hydrogen-bond donors (Lipinski definition) is 1. The number of rotatable bonds is 5. The zero-order valence-corrected chi connectivity index (χ0v) is 14.6. The lowest BCUT2D eigenvalue weighted by Crippen LogP contribution is -2.43. The van der Waals surface area contributed by atoms with Crippen molar-refractivity contribution in [1.82, 2.24) is 28.8 Å². The molecule has 1 saturated carbocycles. The Morgan fingerprint density at radius 2 is 2.00 bits per heavy atom. The zero-order chi connectivity index (χ0) is 17.2. The van der Waals surface area contributed by atoms with Crippen molar-refractivity contribution in [2.45, 2.75) is 37.8 Å². The minimum atomic E-state index is -3.37. The van der Waals surface area contributed by atoms with Gasteiger partial charge in [0.25, 0.3) is 10.2 Å². The highest BCUT2D eigenvalue weighted by atomic mass is 32.2. The van der Waals surface area contributed by atoms with Crippen molar-refractivity contribution in [3.8, 4) is 11.3 Å². The SMILES string of the molecule is CN(C)S(=O)(=O)NC1CCC(n2cc(-c3ccncn3)cn2)CC1. The minimum Gasteiger partial charge on any atom is -0.269 e. The molecule has 3 rings (SSSR count). The maximum Gasteiger partial charge on any atom is 0.279 e. The molecule has 9 heteroatoms. The maximum atomic E-state index is 11.9. The van der Waals surface area contributed by atoms with E-state index in [-0.39, 0.29) is 6.04 Å². The summed E-state index contributed by atoms with van der Waals surface area (Å²) in [5.74, 6) is 0. The molecular weight excluding hydrogens is 328 g/mol. The van der Waals surface area contributed by atoms with Gasteiger partial charge in [0.15, 0.2) is 0 Å². The van der Waals surface area contributed by atoms with Gasteiger partial charge in [-0.2, -0.15) is 22.5 Å². The highest BCUT2D eigenvalue weighted by Gasteiger charge is 2.27. The number of nitrogens with one attached hydrogen (secondary N) is 1. The molecule has 1 N–H and O–H groups in total. The number of hydrogen-bond acceptors (Lipinski definition) is 5. The number of aromatic nitrogens is 4. The van der Waals surface area contributed by atoms with E-state index in [9.17, 15) is 8.42 Å². The van der Waals surface area contributed by atoms with Gasteiger partial charge in [-0.15, -0.1) is 0 Å². The Labute approximate surface area is 142 Å². The molecule has 0 unspecified atom stereocenters. The third-order valence-corrected chi connectivity index (χ3v) is 5.94. The second kappa shape index (κ2) is 6.96. The summed E-state index contributed by atoms with van der Waals surface area (Å²) in [6.07, 6.45) is 10.4. The highest BCUT2D eigenvalue weighted by Crippen LogP contribution is 2.29. The second-order valence-electron chi connectivity index (χ2n) is 6.21. The van der Waals surface area contributed by atoms with Gasteiger partial charge in [0, 0.05) is 38.1 Å². The summed E-state index contributed by atoms with van der Waals surface area (Å²) >= 11 is 0. The van der Waals surface area contributed by atoms with E-state index in [0.29, 0.717) is 6.04 Å². The van der Waals surface area contributed by atoms with Crippen molar-refractivity contribution in [1.29, 1.82) is 0 Å². The van der Waals surface area contributed by atoms with Crippen molar-refractivity contribution in [3.05, 3.63) is 31.0 Å². The van der Waals surface area contributed by atoms with Gasteiger partial charge in [0.1, 0.15) is 6.33 Å². The Morgan fingerprint density at radius 3 is 2.62 bits per heavy atom. The summed E-state index contributed by atoms with van der Waals surface area (Å²) < 4.78 is 29.7. The Balaban J connectivity index is 1.61. The molecule has 24 heavy (non-hydrogen) atoms. The first-order chi connectivity index (χ1) is 11.5. The van der Waals surface area contributed by atoms with Gasteiger partial charge in [0.2, 0.25) is 0 Å². The Kier molecular flexibility index (Phi) is 4.93. The standard InChI is InChI=1S/C15H22N6O2S/c1-20(2)24(22,23)19-13-3-5-14(6-4-13)21-10-12(9-18-21)15-7-8-16-11-17-15/h7-11,13-14,19H,3-6H2,1-2H3. The Bertz CT molecular complexity index is 766. The van der Waals surface area contributed by atoms with E-state index in [0.717, 1.165) is 36.9 Å². The molecule has 0 bridgehead atoms. The zero-order valence-electron chi connectivity index (χ0n) is 13.8. The van der Waals surface area contributed by atoms with E-state index in [1.165, 1.54) is 24.7 Å². The van der Waals surface area contributed by atoms with Gasteiger partial charge < -0.3 is 0 Å². The fourth-order valence-corrected chi connectivity index (χ4v) is 3.77. The molecule has 2 aromatic rings. The van der Waals surface area contributed by atoms with Gasteiger partial charge in [-0.25, -0.2) is 9.97 Å². The van der Waals surface area contributed by atoms with Crippen LogP contribution in [0.2, 0.25) is 0 Å². The predicted octanol–water partition coefficient (Wildman–Crippen LogP) is 1.22. The molecule has 0 aliphatic heterocycles. The number of nitrogens with zero attached hydrogens (tertiary/aromatic N) is 5. The third-order valence-electron chi connectivity index (χ3n) is 4.35. The van der Waals surface area contributed by atoms with E-state index in [1.54, 1.807) is 6.20 Å². The van der Waals surface area contributed by atoms with Crippen LogP contribution in [0.25, 0.3) is 11.3 Å². The van der Waals surface area contributed by atoms with E-state index in [2.05, 4.69) is 19.8 Å². The van der Waals surface area contributed by atoms with Crippen molar-refractivity contribution in [2.75, 3.05) is 14.1 Å². The van der Waals surface area contributed by atoms with Gasteiger partial charge in [-0.1, -0.05) is 0 Å². The molecule has 2 aromatic heterocycles. The lowest BCUT2D eigenvalue weighted by Gasteiger charge is -2.29. The van der Waals surface area contributed by atoms with Crippen LogP contribution in [0.1, 0.15) is 31.7 Å². The smallest absolute Gasteiger partial charge is 0.269 e. The molecule has 1 fully saturated rings.